The SMILES string of the molecule is CC1(C)c2cc(-c3nc4ccccc4n3-c3ccccc3)ccc2-n2c3ccccc3c3cccc1c32. The molecule has 3 nitrogen and oxygen atoms in total. The maximum Gasteiger partial charge on any atom is 0.145 e. The lowest BCUT2D eigenvalue weighted by molar-refractivity contribution is 0.630. The molecule has 0 unspecified atom stereocenters. The molecule has 0 atom stereocenters. The minimum Gasteiger partial charge on any atom is -0.309 e. The highest BCUT2D eigenvalue weighted by atomic mass is 15.1. The molecule has 0 spiro atoms. The van der Waals surface area contributed by atoms with E-state index >= 15 is 0 Å². The Morgan fingerprint density at radius 3 is 2.19 bits per heavy atom. The van der Waals surface area contributed by atoms with Gasteiger partial charge in [-0.05, 0) is 59.7 Å². The van der Waals surface area contributed by atoms with Gasteiger partial charge in [-0.3, -0.25) is 4.57 Å². The zero-order chi connectivity index (χ0) is 24.7. The van der Waals surface area contributed by atoms with Gasteiger partial charge in [0.25, 0.3) is 0 Å². The molecule has 5 aromatic carbocycles. The first-order valence-corrected chi connectivity index (χ1v) is 12.8. The second-order valence-electron chi connectivity index (χ2n) is 10.5. The largest absolute Gasteiger partial charge is 0.309 e. The van der Waals surface area contributed by atoms with Crippen molar-refractivity contribution in [3.63, 3.8) is 0 Å². The Labute approximate surface area is 215 Å². The summed E-state index contributed by atoms with van der Waals surface area (Å²) in [5.41, 5.74) is 10.7. The molecule has 0 aliphatic carbocycles. The number of para-hydroxylation sites is 5. The van der Waals surface area contributed by atoms with Gasteiger partial charge in [0.15, 0.2) is 0 Å². The van der Waals surface area contributed by atoms with Crippen LogP contribution in [0.1, 0.15) is 25.0 Å². The molecular weight excluding hydrogens is 450 g/mol. The van der Waals surface area contributed by atoms with Gasteiger partial charge in [0, 0.05) is 27.4 Å². The lowest BCUT2D eigenvalue weighted by atomic mass is 9.74. The summed E-state index contributed by atoms with van der Waals surface area (Å²) in [4.78, 5) is 5.14. The number of aromatic nitrogens is 3. The van der Waals surface area contributed by atoms with Gasteiger partial charge < -0.3 is 4.57 Å². The molecule has 0 N–H and O–H groups in total. The number of benzene rings is 5. The molecule has 0 saturated carbocycles. The highest BCUT2D eigenvalue weighted by molar-refractivity contribution is 6.11. The van der Waals surface area contributed by atoms with Crippen LogP contribution in [0.15, 0.2) is 115 Å². The van der Waals surface area contributed by atoms with Crippen LogP contribution < -0.4 is 0 Å². The monoisotopic (exact) mass is 475 g/mol. The van der Waals surface area contributed by atoms with Gasteiger partial charge >= 0.3 is 0 Å². The average molecular weight is 476 g/mol. The summed E-state index contributed by atoms with van der Waals surface area (Å²) in [5.74, 6) is 0.965. The van der Waals surface area contributed by atoms with Crippen molar-refractivity contribution in [3.05, 3.63) is 126 Å². The number of rotatable bonds is 2. The number of hydrogen-bond donors (Lipinski definition) is 0. The minimum absolute atomic E-state index is 0.154. The van der Waals surface area contributed by atoms with Crippen LogP contribution in [0.3, 0.4) is 0 Å². The van der Waals surface area contributed by atoms with Crippen molar-refractivity contribution >= 4 is 32.8 Å². The first-order chi connectivity index (χ1) is 18.1. The van der Waals surface area contributed by atoms with Crippen LogP contribution in [0.5, 0.6) is 0 Å². The van der Waals surface area contributed by atoms with E-state index in [1.165, 1.54) is 38.6 Å². The van der Waals surface area contributed by atoms with Gasteiger partial charge in [-0.1, -0.05) is 80.6 Å². The van der Waals surface area contributed by atoms with E-state index < -0.39 is 0 Å². The third-order valence-electron chi connectivity index (χ3n) is 8.11. The van der Waals surface area contributed by atoms with E-state index in [4.69, 9.17) is 4.98 Å². The van der Waals surface area contributed by atoms with Crippen molar-refractivity contribution in [2.45, 2.75) is 19.3 Å². The Morgan fingerprint density at radius 2 is 1.32 bits per heavy atom. The van der Waals surface area contributed by atoms with Crippen LogP contribution in [0.2, 0.25) is 0 Å². The standard InChI is InChI=1S/C34H25N3/c1-34(2)26-15-10-14-25-24-13-6-8-17-29(24)37(32(25)26)30-20-19-22(21-27(30)34)33-35-28-16-7-9-18-31(28)36(33)23-11-4-3-5-12-23/h3-21H,1-2H3. The molecule has 7 aromatic rings. The fraction of sp³-hybridized carbons (Fsp3) is 0.0882. The van der Waals surface area contributed by atoms with Crippen LogP contribution in [0.4, 0.5) is 0 Å². The van der Waals surface area contributed by atoms with Crippen molar-refractivity contribution in [3.8, 4) is 22.8 Å². The van der Waals surface area contributed by atoms with Gasteiger partial charge in [0.2, 0.25) is 0 Å². The van der Waals surface area contributed by atoms with Gasteiger partial charge in [-0.15, -0.1) is 0 Å². The maximum absolute atomic E-state index is 5.14. The predicted molar refractivity (Wildman–Crippen MR) is 153 cm³/mol. The molecule has 3 heteroatoms. The average Bonchev–Trinajstić information content (AvgIpc) is 3.49. The van der Waals surface area contributed by atoms with E-state index in [0.29, 0.717) is 0 Å². The first kappa shape index (κ1) is 20.6. The summed E-state index contributed by atoms with van der Waals surface area (Å²) in [5, 5.41) is 2.62. The first-order valence-electron chi connectivity index (χ1n) is 12.8. The lowest BCUT2D eigenvalue weighted by Crippen LogP contribution is -2.26. The molecule has 0 radical (unpaired) electrons. The molecule has 176 valence electrons. The van der Waals surface area contributed by atoms with Gasteiger partial charge in [0.05, 0.1) is 27.8 Å². The van der Waals surface area contributed by atoms with Gasteiger partial charge in [-0.25, -0.2) is 4.98 Å². The van der Waals surface area contributed by atoms with Crippen molar-refractivity contribution in [2.75, 3.05) is 0 Å². The minimum atomic E-state index is -0.154. The van der Waals surface area contributed by atoms with Crippen LogP contribution in [-0.4, -0.2) is 14.1 Å². The van der Waals surface area contributed by atoms with E-state index in [1.54, 1.807) is 0 Å². The zero-order valence-corrected chi connectivity index (χ0v) is 20.8. The number of nitrogens with zero attached hydrogens (tertiary/aromatic N) is 3. The molecule has 0 fully saturated rings. The molecule has 0 bridgehead atoms. The molecule has 37 heavy (non-hydrogen) atoms. The van der Waals surface area contributed by atoms with Gasteiger partial charge in [-0.2, -0.15) is 0 Å². The normalized spacial score (nSPS) is 13.9. The fourth-order valence-electron chi connectivity index (χ4n) is 6.35. The van der Waals surface area contributed by atoms with Crippen molar-refractivity contribution < 1.29 is 0 Å². The molecule has 0 saturated heterocycles. The highest BCUT2D eigenvalue weighted by Gasteiger charge is 2.35. The van der Waals surface area contributed by atoms with Crippen LogP contribution >= 0.6 is 0 Å². The Kier molecular flexibility index (Phi) is 4.00. The van der Waals surface area contributed by atoms with Crippen molar-refractivity contribution in [1.82, 2.24) is 14.1 Å². The summed E-state index contributed by atoms with van der Waals surface area (Å²) >= 11 is 0. The topological polar surface area (TPSA) is 22.8 Å². The molecule has 0 amide bonds. The van der Waals surface area contributed by atoms with Crippen molar-refractivity contribution in [1.29, 1.82) is 0 Å². The van der Waals surface area contributed by atoms with Crippen LogP contribution in [0, 0.1) is 0 Å². The lowest BCUT2D eigenvalue weighted by Gasteiger charge is -2.35. The molecular formula is C34H25N3. The van der Waals surface area contributed by atoms with E-state index in [1.807, 2.05) is 0 Å². The smallest absolute Gasteiger partial charge is 0.145 e. The van der Waals surface area contributed by atoms with E-state index in [2.05, 4.69) is 138 Å². The fourth-order valence-corrected chi connectivity index (χ4v) is 6.35. The van der Waals surface area contributed by atoms with Crippen LogP contribution in [-0.2, 0) is 5.41 Å². The highest BCUT2D eigenvalue weighted by Crippen LogP contribution is 2.48. The maximum atomic E-state index is 5.14. The second-order valence-corrected chi connectivity index (χ2v) is 10.5. The molecule has 3 heterocycles. The van der Waals surface area contributed by atoms with E-state index in [-0.39, 0.29) is 5.41 Å². The third kappa shape index (κ3) is 2.69. The van der Waals surface area contributed by atoms with E-state index in [0.717, 1.165) is 28.1 Å². The Balaban J connectivity index is 1.44. The van der Waals surface area contributed by atoms with Gasteiger partial charge in [0.1, 0.15) is 5.82 Å². The second kappa shape index (κ2) is 7.21. The summed E-state index contributed by atoms with van der Waals surface area (Å²) in [6.07, 6.45) is 0. The number of hydrogen-bond acceptors (Lipinski definition) is 1. The Morgan fingerprint density at radius 1 is 0.595 bits per heavy atom. The van der Waals surface area contributed by atoms with E-state index in [9.17, 15) is 0 Å². The quantitative estimate of drug-likeness (QED) is 0.246. The third-order valence-corrected chi connectivity index (χ3v) is 8.11. The molecule has 1 aliphatic rings. The Hall–Kier alpha value is -4.63. The summed E-state index contributed by atoms with van der Waals surface area (Å²) < 4.78 is 4.74. The zero-order valence-electron chi connectivity index (χ0n) is 20.8. The predicted octanol–water partition coefficient (Wildman–Crippen LogP) is 8.43. The van der Waals surface area contributed by atoms with Crippen molar-refractivity contribution in [2.24, 2.45) is 0 Å². The molecule has 1 aliphatic heterocycles. The summed E-state index contributed by atoms with van der Waals surface area (Å²) in [7, 11) is 0. The molecule has 8 rings (SSSR count). The molecule has 2 aromatic heterocycles. The summed E-state index contributed by atoms with van der Waals surface area (Å²) in [6.45, 7) is 4.71. The number of imidazole rings is 1. The summed E-state index contributed by atoms with van der Waals surface area (Å²) in [6, 6.07) is 41.4. The van der Waals surface area contributed by atoms with Crippen LogP contribution in [0.25, 0.3) is 55.6 Å². The number of fused-ring (bicyclic) bond motifs is 6. The Bertz CT molecular complexity index is 2000.